The molecule has 0 aromatic rings. The van der Waals surface area contributed by atoms with Gasteiger partial charge in [0, 0.05) is 0 Å². The third-order valence-corrected chi connectivity index (χ3v) is 10.2. The molecular formula is C34H68N2O14P2. The molecule has 0 saturated carbocycles. The number of aliphatic hydroxyl groups is 3. The normalized spacial score (nSPS) is 22.2. The van der Waals surface area contributed by atoms with Crippen LogP contribution in [0, 0.1) is 0 Å². The van der Waals surface area contributed by atoms with Gasteiger partial charge in [0.05, 0.1) is 37.7 Å². The van der Waals surface area contributed by atoms with Crippen molar-refractivity contribution in [2.24, 2.45) is 0 Å². The van der Waals surface area contributed by atoms with Crippen LogP contribution in [0.3, 0.4) is 0 Å². The standard InChI is InChI=1S/C34H68N2O14P2/c1-3-5-7-9-11-13-15-17-19-21-26(38)23-29(40)35-31-32(34(50-52(45,46)47)48-28(25-37)33(31)49-51(42,43)44)36-30(41)24-27(39)22-20-18-16-14-12-10-8-6-4-2/h26-28,31-34,37-39H,3-25H2,1-2H3,(H,35,40)(H,36,41)(H2,42,43,44)(H2,45,46,47)/t26-,27-,28-,31-,32-,33-,34-/m1/s1. The smallest absolute Gasteiger partial charge is 0.394 e. The minimum Gasteiger partial charge on any atom is -0.394 e. The number of aliphatic hydroxyl groups excluding tert-OH is 3. The molecule has 52 heavy (non-hydrogen) atoms. The van der Waals surface area contributed by atoms with E-state index in [4.69, 9.17) is 13.8 Å². The lowest BCUT2D eigenvalue weighted by atomic mass is 9.93. The first-order valence-electron chi connectivity index (χ1n) is 19.3. The van der Waals surface area contributed by atoms with E-state index < -0.39 is 89.7 Å². The second-order valence-electron chi connectivity index (χ2n) is 14.0. The molecule has 1 aliphatic rings. The number of unbranched alkanes of at least 4 members (excludes halogenated alkanes) is 16. The summed E-state index contributed by atoms with van der Waals surface area (Å²) in [5.41, 5.74) is 0. The lowest BCUT2D eigenvalue weighted by molar-refractivity contribution is -0.222. The van der Waals surface area contributed by atoms with Crippen molar-refractivity contribution in [1.29, 1.82) is 0 Å². The average Bonchev–Trinajstić information content (AvgIpc) is 3.04. The predicted octanol–water partition coefficient (Wildman–Crippen LogP) is 4.60. The summed E-state index contributed by atoms with van der Waals surface area (Å²) in [4.78, 5) is 64.7. The molecule has 7 atom stereocenters. The van der Waals surface area contributed by atoms with Crippen molar-refractivity contribution in [3.63, 3.8) is 0 Å². The highest BCUT2D eigenvalue weighted by Gasteiger charge is 2.52. The summed E-state index contributed by atoms with van der Waals surface area (Å²) in [5.74, 6) is -1.66. The SMILES string of the molecule is CCCCCCCCCCC[C@@H](O)CC(=O)N[C@@H]1[C@@H](NC(=O)C[C@H](O)CCCCCCCCCCC)[C@@H](OP(=O)(O)O)O[C@H](CO)[C@H]1OP(=O)(O)O. The summed E-state index contributed by atoms with van der Waals surface area (Å²) in [7, 11) is -10.7. The Kier molecular flexibility index (Phi) is 26.0. The Hall–Kier alpha value is -1.00. The van der Waals surface area contributed by atoms with Gasteiger partial charge in [0.15, 0.2) is 6.29 Å². The minimum absolute atomic E-state index is 0.305. The quantitative estimate of drug-likeness (QED) is 0.0343. The number of carbonyl (C=O) groups is 2. The van der Waals surface area contributed by atoms with Crippen LogP contribution in [0.2, 0.25) is 0 Å². The third-order valence-electron chi connectivity index (χ3n) is 9.17. The third kappa shape index (κ3) is 23.7. The Morgan fingerprint density at radius 3 is 1.35 bits per heavy atom. The molecular weight excluding hydrogens is 722 g/mol. The maximum Gasteiger partial charge on any atom is 0.472 e. The van der Waals surface area contributed by atoms with E-state index in [0.29, 0.717) is 25.7 Å². The first-order chi connectivity index (χ1) is 24.6. The number of phosphoric ester groups is 2. The van der Waals surface area contributed by atoms with E-state index in [9.17, 15) is 53.6 Å². The molecule has 0 bridgehead atoms. The lowest BCUT2D eigenvalue weighted by Crippen LogP contribution is -2.70. The number of ether oxygens (including phenoxy) is 1. The maximum atomic E-state index is 13.2. The van der Waals surface area contributed by atoms with Crippen LogP contribution in [0.15, 0.2) is 0 Å². The molecule has 1 heterocycles. The molecule has 308 valence electrons. The van der Waals surface area contributed by atoms with Crippen molar-refractivity contribution < 1.29 is 67.4 Å². The van der Waals surface area contributed by atoms with Gasteiger partial charge in [0.2, 0.25) is 11.8 Å². The fraction of sp³-hybridized carbons (Fsp3) is 0.941. The molecule has 16 nitrogen and oxygen atoms in total. The zero-order chi connectivity index (χ0) is 39.0. The lowest BCUT2D eigenvalue weighted by Gasteiger charge is -2.46. The summed E-state index contributed by atoms with van der Waals surface area (Å²) >= 11 is 0. The van der Waals surface area contributed by atoms with Crippen molar-refractivity contribution in [1.82, 2.24) is 10.6 Å². The number of rotatable bonds is 31. The first kappa shape index (κ1) is 49.0. The van der Waals surface area contributed by atoms with Gasteiger partial charge in [-0.1, -0.05) is 129 Å². The van der Waals surface area contributed by atoms with E-state index in [1.165, 1.54) is 51.4 Å². The number of hydrogen-bond donors (Lipinski definition) is 9. The summed E-state index contributed by atoms with van der Waals surface area (Å²) in [6.45, 7) is 3.34. The molecule has 1 rings (SSSR count). The second kappa shape index (κ2) is 27.6. The van der Waals surface area contributed by atoms with Gasteiger partial charge in [-0.2, -0.15) is 0 Å². The fourth-order valence-electron chi connectivity index (χ4n) is 6.44. The Morgan fingerprint density at radius 2 is 0.981 bits per heavy atom. The van der Waals surface area contributed by atoms with Crippen molar-refractivity contribution in [2.45, 2.75) is 198 Å². The predicted molar refractivity (Wildman–Crippen MR) is 195 cm³/mol. The molecule has 1 aliphatic heterocycles. The van der Waals surface area contributed by atoms with Crippen molar-refractivity contribution in [2.75, 3.05) is 6.61 Å². The van der Waals surface area contributed by atoms with Crippen LogP contribution >= 0.6 is 15.6 Å². The average molecular weight is 791 g/mol. The van der Waals surface area contributed by atoms with Gasteiger partial charge in [-0.15, -0.1) is 0 Å². The maximum absolute atomic E-state index is 13.2. The van der Waals surface area contributed by atoms with Crippen LogP contribution in [0.5, 0.6) is 0 Å². The summed E-state index contributed by atoms with van der Waals surface area (Å²) in [6, 6.07) is -3.40. The van der Waals surface area contributed by atoms with E-state index in [1.807, 2.05) is 0 Å². The monoisotopic (exact) mass is 790 g/mol. The Morgan fingerprint density at radius 1 is 0.615 bits per heavy atom. The second-order valence-corrected chi connectivity index (χ2v) is 16.4. The summed E-state index contributed by atoms with van der Waals surface area (Å²) < 4.78 is 38.9. The zero-order valence-electron chi connectivity index (χ0n) is 31.2. The Labute approximate surface area is 309 Å². The number of nitrogens with one attached hydrogen (secondary N) is 2. The first-order valence-corrected chi connectivity index (χ1v) is 22.3. The van der Waals surface area contributed by atoms with Gasteiger partial charge >= 0.3 is 15.6 Å². The zero-order valence-corrected chi connectivity index (χ0v) is 33.0. The van der Waals surface area contributed by atoms with Crippen molar-refractivity contribution in [3.8, 4) is 0 Å². The van der Waals surface area contributed by atoms with Gasteiger partial charge in [-0.05, 0) is 12.8 Å². The van der Waals surface area contributed by atoms with E-state index in [0.717, 1.165) is 51.4 Å². The molecule has 0 spiro atoms. The molecule has 0 radical (unpaired) electrons. The van der Waals surface area contributed by atoms with Gasteiger partial charge in [-0.25, -0.2) is 9.13 Å². The van der Waals surface area contributed by atoms with Crippen LogP contribution in [0.25, 0.3) is 0 Å². The molecule has 0 aromatic carbocycles. The number of carbonyl (C=O) groups excluding carboxylic acids is 2. The highest BCUT2D eigenvalue weighted by molar-refractivity contribution is 7.46. The molecule has 18 heteroatoms. The molecule has 1 saturated heterocycles. The van der Waals surface area contributed by atoms with Crippen LogP contribution in [0.4, 0.5) is 0 Å². The van der Waals surface area contributed by atoms with Gasteiger partial charge in [-0.3, -0.25) is 18.6 Å². The van der Waals surface area contributed by atoms with Crippen molar-refractivity contribution in [3.05, 3.63) is 0 Å². The van der Waals surface area contributed by atoms with E-state index >= 15 is 0 Å². The van der Waals surface area contributed by atoms with Crippen LogP contribution in [-0.2, 0) is 32.5 Å². The molecule has 0 aromatic heterocycles. The number of phosphoric acid groups is 2. The van der Waals surface area contributed by atoms with E-state index in [2.05, 4.69) is 24.5 Å². The Balaban J connectivity index is 2.95. The van der Waals surface area contributed by atoms with Gasteiger partial charge in [0.25, 0.3) is 0 Å². The topological polar surface area (TPSA) is 262 Å². The van der Waals surface area contributed by atoms with Crippen LogP contribution < -0.4 is 10.6 Å². The van der Waals surface area contributed by atoms with Gasteiger partial charge in [0.1, 0.15) is 18.2 Å². The molecule has 0 unspecified atom stereocenters. The Bertz CT molecular complexity index is 1060. The van der Waals surface area contributed by atoms with Crippen molar-refractivity contribution >= 4 is 27.5 Å². The van der Waals surface area contributed by atoms with Gasteiger partial charge < -0.3 is 50.3 Å². The van der Waals surface area contributed by atoms with Crippen LogP contribution in [-0.4, -0.2) is 96.1 Å². The summed E-state index contributed by atoms with van der Waals surface area (Å²) in [5, 5.41) is 36.0. The molecule has 0 aliphatic carbocycles. The largest absolute Gasteiger partial charge is 0.472 e. The number of hydrogen-bond acceptors (Lipinski definition) is 10. The van der Waals surface area contributed by atoms with E-state index in [-0.39, 0.29) is 0 Å². The molecule has 1 fully saturated rings. The highest BCUT2D eigenvalue weighted by atomic mass is 31.2. The highest BCUT2D eigenvalue weighted by Crippen LogP contribution is 2.44. The summed E-state index contributed by atoms with van der Waals surface area (Å²) in [6.07, 6.45) is 11.1. The fourth-order valence-corrected chi connectivity index (χ4v) is 7.47. The molecule has 2 amide bonds. The van der Waals surface area contributed by atoms with Crippen LogP contribution in [0.1, 0.15) is 155 Å². The minimum atomic E-state index is -5.34. The number of amides is 2. The molecule has 9 N–H and O–H groups in total. The van der Waals surface area contributed by atoms with E-state index in [1.54, 1.807) is 0 Å².